The monoisotopic (exact) mass is 313 g/mol. The lowest BCUT2D eigenvalue weighted by Crippen LogP contribution is -2.08. The lowest BCUT2D eigenvalue weighted by atomic mass is 10.2. The van der Waals surface area contributed by atoms with Crippen molar-refractivity contribution in [3.63, 3.8) is 0 Å². The molecule has 0 heterocycles. The molecule has 0 amide bonds. The van der Waals surface area contributed by atoms with Gasteiger partial charge < -0.3 is 10.1 Å². The average molecular weight is 314 g/mol. The summed E-state index contributed by atoms with van der Waals surface area (Å²) in [5.74, 6) is 0.321. The number of benzene rings is 2. The zero-order chi connectivity index (χ0) is 14.5. The summed E-state index contributed by atoms with van der Waals surface area (Å²) in [6.07, 6.45) is 0. The predicted octanol–water partition coefficient (Wildman–Crippen LogP) is 4.43. The van der Waals surface area contributed by atoms with Crippen LogP contribution in [0.5, 0.6) is 5.75 Å². The molecule has 0 radical (unpaired) electrons. The van der Waals surface area contributed by atoms with Crippen molar-refractivity contribution in [2.24, 2.45) is 0 Å². The van der Waals surface area contributed by atoms with E-state index in [0.717, 1.165) is 5.56 Å². The van der Waals surface area contributed by atoms with E-state index in [1.54, 1.807) is 6.07 Å². The van der Waals surface area contributed by atoms with Crippen LogP contribution >= 0.6 is 23.2 Å². The molecule has 0 aliphatic carbocycles. The highest BCUT2D eigenvalue weighted by Crippen LogP contribution is 2.28. The van der Waals surface area contributed by atoms with Crippen LogP contribution in [-0.2, 0) is 13.2 Å². The molecule has 20 heavy (non-hydrogen) atoms. The molecule has 0 saturated heterocycles. The van der Waals surface area contributed by atoms with E-state index in [2.05, 4.69) is 5.32 Å². The molecule has 106 valence electrons. The van der Waals surface area contributed by atoms with E-state index < -0.39 is 0 Å². The molecule has 0 unspecified atom stereocenters. The van der Waals surface area contributed by atoms with Crippen molar-refractivity contribution in [3.8, 4) is 5.75 Å². The minimum Gasteiger partial charge on any atom is -0.488 e. The van der Waals surface area contributed by atoms with Crippen molar-refractivity contribution in [3.05, 3.63) is 63.4 Å². The number of nitrogens with one attached hydrogen (secondary N) is 1. The zero-order valence-electron chi connectivity index (χ0n) is 10.9. The Morgan fingerprint density at radius 2 is 1.95 bits per heavy atom. The molecule has 5 heteroatoms. The Balaban J connectivity index is 2.18. The van der Waals surface area contributed by atoms with Crippen LogP contribution in [0.1, 0.15) is 11.1 Å². The molecule has 2 aromatic rings. The first kappa shape index (κ1) is 15.1. The minimum atomic E-state index is -0.338. The van der Waals surface area contributed by atoms with Crippen molar-refractivity contribution < 1.29 is 9.13 Å². The molecule has 0 bridgehead atoms. The van der Waals surface area contributed by atoms with Gasteiger partial charge >= 0.3 is 0 Å². The maximum atomic E-state index is 13.2. The number of hydrogen-bond acceptors (Lipinski definition) is 2. The number of halogens is 3. The van der Waals surface area contributed by atoms with Gasteiger partial charge in [0.05, 0.1) is 0 Å². The Bertz CT molecular complexity index is 604. The summed E-state index contributed by atoms with van der Waals surface area (Å²) >= 11 is 12.1. The molecular formula is C15H14Cl2FNO. The van der Waals surface area contributed by atoms with Crippen molar-refractivity contribution >= 4 is 23.2 Å². The third-order valence-corrected chi connectivity index (χ3v) is 3.54. The predicted molar refractivity (Wildman–Crippen MR) is 80.0 cm³/mol. The fourth-order valence-electron chi connectivity index (χ4n) is 1.83. The molecule has 2 rings (SSSR count). The van der Waals surface area contributed by atoms with Crippen LogP contribution in [0.4, 0.5) is 4.39 Å². The number of ether oxygens (including phenoxy) is 1. The maximum absolute atomic E-state index is 13.2. The van der Waals surface area contributed by atoms with Crippen molar-refractivity contribution in [1.82, 2.24) is 5.32 Å². The molecule has 0 spiro atoms. The molecule has 0 aromatic heterocycles. The summed E-state index contributed by atoms with van der Waals surface area (Å²) in [5, 5.41) is 4.14. The molecule has 0 aliphatic rings. The highest BCUT2D eigenvalue weighted by molar-refractivity contribution is 6.31. The second kappa shape index (κ2) is 6.93. The van der Waals surface area contributed by atoms with Gasteiger partial charge in [-0.2, -0.15) is 0 Å². The Labute approximate surface area is 127 Å². The lowest BCUT2D eigenvalue weighted by molar-refractivity contribution is 0.302. The average Bonchev–Trinajstić information content (AvgIpc) is 2.43. The van der Waals surface area contributed by atoms with Gasteiger partial charge in [-0.3, -0.25) is 0 Å². The Kier molecular flexibility index (Phi) is 5.24. The van der Waals surface area contributed by atoms with Gasteiger partial charge in [0, 0.05) is 27.7 Å². The fraction of sp³-hybridized carbons (Fsp3) is 0.200. The van der Waals surface area contributed by atoms with Crippen LogP contribution in [0, 0.1) is 5.82 Å². The van der Waals surface area contributed by atoms with Gasteiger partial charge in [-0.1, -0.05) is 29.3 Å². The maximum Gasteiger partial charge on any atom is 0.125 e. The van der Waals surface area contributed by atoms with Crippen molar-refractivity contribution in [1.29, 1.82) is 0 Å². The van der Waals surface area contributed by atoms with Crippen LogP contribution in [-0.4, -0.2) is 7.05 Å². The minimum absolute atomic E-state index is 0.188. The number of hydrogen-bond donors (Lipinski definition) is 1. The highest BCUT2D eigenvalue weighted by atomic mass is 35.5. The SMILES string of the molecule is CNCc1c(Cl)cccc1OCc1cc(F)ccc1Cl. The first-order chi connectivity index (χ1) is 9.61. The van der Waals surface area contributed by atoms with Gasteiger partial charge in [0.2, 0.25) is 0 Å². The first-order valence-electron chi connectivity index (χ1n) is 6.10. The van der Waals surface area contributed by atoms with E-state index in [1.165, 1.54) is 18.2 Å². The smallest absolute Gasteiger partial charge is 0.125 e. The van der Waals surface area contributed by atoms with Crippen LogP contribution < -0.4 is 10.1 Å². The van der Waals surface area contributed by atoms with Gasteiger partial charge in [-0.25, -0.2) is 4.39 Å². The molecule has 0 aliphatic heterocycles. The van der Waals surface area contributed by atoms with Gasteiger partial charge in [0.1, 0.15) is 18.2 Å². The number of rotatable bonds is 5. The van der Waals surface area contributed by atoms with Crippen LogP contribution in [0.15, 0.2) is 36.4 Å². The normalized spacial score (nSPS) is 10.6. The Hall–Kier alpha value is -1.29. The summed E-state index contributed by atoms with van der Waals surface area (Å²) in [6.45, 7) is 0.777. The molecule has 2 nitrogen and oxygen atoms in total. The summed E-state index contributed by atoms with van der Waals surface area (Å²) in [4.78, 5) is 0. The van der Waals surface area contributed by atoms with Crippen molar-refractivity contribution in [2.45, 2.75) is 13.2 Å². The quantitative estimate of drug-likeness (QED) is 0.881. The second-order valence-corrected chi connectivity index (χ2v) is 5.09. The van der Waals surface area contributed by atoms with Crippen LogP contribution in [0.25, 0.3) is 0 Å². The van der Waals surface area contributed by atoms with E-state index in [9.17, 15) is 4.39 Å². The van der Waals surface area contributed by atoms with Crippen LogP contribution in [0.2, 0.25) is 10.0 Å². The topological polar surface area (TPSA) is 21.3 Å². The largest absolute Gasteiger partial charge is 0.488 e. The first-order valence-corrected chi connectivity index (χ1v) is 6.86. The van der Waals surface area contributed by atoms with Gasteiger partial charge in [0.15, 0.2) is 0 Å². The lowest BCUT2D eigenvalue weighted by Gasteiger charge is -2.13. The summed E-state index contributed by atoms with van der Waals surface area (Å²) in [5.41, 5.74) is 1.46. The van der Waals surface area contributed by atoms with Gasteiger partial charge in [-0.15, -0.1) is 0 Å². The summed E-state index contributed by atoms with van der Waals surface area (Å²) in [7, 11) is 1.83. The molecule has 2 aromatic carbocycles. The van der Waals surface area contributed by atoms with Gasteiger partial charge in [-0.05, 0) is 37.4 Å². The fourth-order valence-corrected chi connectivity index (χ4v) is 2.24. The second-order valence-electron chi connectivity index (χ2n) is 4.27. The zero-order valence-corrected chi connectivity index (χ0v) is 12.4. The van der Waals surface area contributed by atoms with E-state index in [-0.39, 0.29) is 12.4 Å². The standard InChI is InChI=1S/C15H14Cl2FNO/c1-19-8-12-14(17)3-2-4-15(12)20-9-10-7-11(18)5-6-13(10)16/h2-7,19H,8-9H2,1H3. The third kappa shape index (κ3) is 3.63. The van der Waals surface area contributed by atoms with E-state index >= 15 is 0 Å². The third-order valence-electron chi connectivity index (χ3n) is 2.82. The Morgan fingerprint density at radius 1 is 1.15 bits per heavy atom. The van der Waals surface area contributed by atoms with E-state index in [1.807, 2.05) is 19.2 Å². The van der Waals surface area contributed by atoms with E-state index in [4.69, 9.17) is 27.9 Å². The van der Waals surface area contributed by atoms with Crippen LogP contribution in [0.3, 0.4) is 0 Å². The highest BCUT2D eigenvalue weighted by Gasteiger charge is 2.09. The molecular weight excluding hydrogens is 300 g/mol. The van der Waals surface area contributed by atoms with Gasteiger partial charge in [0.25, 0.3) is 0 Å². The molecule has 0 saturated carbocycles. The molecule has 1 N–H and O–H groups in total. The molecule has 0 fully saturated rings. The summed E-state index contributed by atoms with van der Waals surface area (Å²) < 4.78 is 18.9. The Morgan fingerprint density at radius 3 is 2.70 bits per heavy atom. The summed E-state index contributed by atoms with van der Waals surface area (Å²) in [6, 6.07) is 9.64. The van der Waals surface area contributed by atoms with E-state index in [0.29, 0.717) is 27.9 Å². The molecule has 0 atom stereocenters. The van der Waals surface area contributed by atoms with Crippen molar-refractivity contribution in [2.75, 3.05) is 7.05 Å².